The number of halogens is 3. The van der Waals surface area contributed by atoms with Crippen LogP contribution >= 0.6 is 0 Å². The zero-order valence-corrected chi connectivity index (χ0v) is 11.1. The summed E-state index contributed by atoms with van der Waals surface area (Å²) in [5, 5.41) is 13.4. The molecular formula is C11H19F3N2O3. The quantitative estimate of drug-likeness (QED) is 0.677. The van der Waals surface area contributed by atoms with E-state index in [9.17, 15) is 22.8 Å². The largest absolute Gasteiger partial charge is 0.480 e. The number of amides is 2. The van der Waals surface area contributed by atoms with Gasteiger partial charge in [0.2, 0.25) is 0 Å². The molecular weight excluding hydrogens is 265 g/mol. The predicted octanol–water partition coefficient (Wildman–Crippen LogP) is 2.13. The van der Waals surface area contributed by atoms with Crippen molar-refractivity contribution in [2.24, 2.45) is 5.41 Å². The van der Waals surface area contributed by atoms with E-state index in [-0.39, 0.29) is 13.0 Å². The first-order valence-corrected chi connectivity index (χ1v) is 5.77. The van der Waals surface area contributed by atoms with Gasteiger partial charge in [0, 0.05) is 13.0 Å². The number of carbonyl (C=O) groups is 2. The molecule has 1 unspecified atom stereocenters. The Morgan fingerprint density at radius 1 is 1.21 bits per heavy atom. The van der Waals surface area contributed by atoms with Crippen LogP contribution in [0.15, 0.2) is 0 Å². The highest BCUT2D eigenvalue weighted by atomic mass is 19.4. The van der Waals surface area contributed by atoms with Crippen molar-refractivity contribution in [3.63, 3.8) is 0 Å². The van der Waals surface area contributed by atoms with Gasteiger partial charge in [-0.2, -0.15) is 13.2 Å². The van der Waals surface area contributed by atoms with Crippen molar-refractivity contribution in [1.29, 1.82) is 0 Å². The summed E-state index contributed by atoms with van der Waals surface area (Å²) in [5.74, 6) is -1.20. The highest BCUT2D eigenvalue weighted by Crippen LogP contribution is 2.21. The van der Waals surface area contributed by atoms with Gasteiger partial charge in [-0.25, -0.2) is 9.59 Å². The maximum absolute atomic E-state index is 11.8. The van der Waals surface area contributed by atoms with Gasteiger partial charge in [0.1, 0.15) is 6.04 Å². The van der Waals surface area contributed by atoms with Gasteiger partial charge < -0.3 is 15.7 Å². The molecule has 19 heavy (non-hydrogen) atoms. The van der Waals surface area contributed by atoms with Crippen LogP contribution in [0.4, 0.5) is 18.0 Å². The van der Waals surface area contributed by atoms with E-state index in [1.807, 2.05) is 0 Å². The van der Waals surface area contributed by atoms with Crippen LogP contribution in [0.2, 0.25) is 0 Å². The van der Waals surface area contributed by atoms with E-state index >= 15 is 0 Å². The first kappa shape index (κ1) is 17.5. The molecule has 0 aliphatic rings. The third-order valence-electron chi connectivity index (χ3n) is 2.31. The van der Waals surface area contributed by atoms with Gasteiger partial charge in [0.25, 0.3) is 0 Å². The molecule has 0 aromatic heterocycles. The summed E-state index contributed by atoms with van der Waals surface area (Å²) < 4.78 is 35.5. The lowest BCUT2D eigenvalue weighted by atomic mass is 9.87. The highest BCUT2D eigenvalue weighted by Gasteiger charge is 2.32. The topological polar surface area (TPSA) is 78.4 Å². The van der Waals surface area contributed by atoms with Crippen LogP contribution in [0, 0.1) is 5.41 Å². The molecule has 1 atom stereocenters. The van der Waals surface area contributed by atoms with Gasteiger partial charge in [-0.1, -0.05) is 20.8 Å². The number of carboxylic acid groups (broad SMARTS) is 1. The molecule has 0 aromatic carbocycles. The Labute approximate surface area is 109 Å². The Morgan fingerprint density at radius 3 is 2.11 bits per heavy atom. The molecule has 8 heteroatoms. The van der Waals surface area contributed by atoms with E-state index in [1.165, 1.54) is 0 Å². The predicted molar refractivity (Wildman–Crippen MR) is 62.7 cm³/mol. The molecule has 0 bridgehead atoms. The van der Waals surface area contributed by atoms with Crippen molar-refractivity contribution in [1.82, 2.24) is 10.6 Å². The smallest absolute Gasteiger partial charge is 0.389 e. The van der Waals surface area contributed by atoms with E-state index in [2.05, 4.69) is 10.6 Å². The number of carbonyl (C=O) groups excluding carboxylic acids is 1. The third kappa shape index (κ3) is 8.28. The normalized spacial score (nSPS) is 13.8. The summed E-state index contributed by atoms with van der Waals surface area (Å²) in [5.41, 5.74) is -0.699. The number of hydrogen-bond donors (Lipinski definition) is 3. The lowest BCUT2D eigenvalue weighted by Gasteiger charge is -2.27. The van der Waals surface area contributed by atoms with Crippen molar-refractivity contribution in [2.45, 2.75) is 45.8 Å². The average Bonchev–Trinajstić information content (AvgIpc) is 2.17. The fourth-order valence-electron chi connectivity index (χ4n) is 1.32. The minimum absolute atomic E-state index is 0.165. The average molecular weight is 284 g/mol. The lowest BCUT2D eigenvalue weighted by Crippen LogP contribution is -2.52. The molecule has 5 nitrogen and oxygen atoms in total. The Hall–Kier alpha value is -1.47. The molecule has 112 valence electrons. The molecule has 0 heterocycles. The minimum Gasteiger partial charge on any atom is -0.480 e. The SMILES string of the molecule is CC(C)(C)C(NC(=O)NCCCC(F)(F)F)C(=O)O. The first-order chi connectivity index (χ1) is 8.43. The van der Waals surface area contributed by atoms with Gasteiger partial charge in [0.15, 0.2) is 0 Å². The first-order valence-electron chi connectivity index (χ1n) is 5.77. The maximum atomic E-state index is 11.8. The number of nitrogens with one attached hydrogen (secondary N) is 2. The Kier molecular flexibility index (Phi) is 6.11. The van der Waals surface area contributed by atoms with E-state index in [1.54, 1.807) is 20.8 Å². The number of aliphatic carboxylic acids is 1. The molecule has 2 amide bonds. The fourth-order valence-corrected chi connectivity index (χ4v) is 1.32. The van der Waals surface area contributed by atoms with E-state index in [4.69, 9.17) is 5.11 Å². The number of rotatable bonds is 5. The second-order valence-corrected chi connectivity index (χ2v) is 5.26. The summed E-state index contributed by atoms with van der Waals surface area (Å²) >= 11 is 0. The summed E-state index contributed by atoms with van der Waals surface area (Å²) in [6, 6.07) is -1.90. The second-order valence-electron chi connectivity index (χ2n) is 5.26. The summed E-state index contributed by atoms with van der Waals surface area (Å²) in [6.45, 7) is 4.74. The zero-order valence-electron chi connectivity index (χ0n) is 11.1. The van der Waals surface area contributed by atoms with Crippen molar-refractivity contribution < 1.29 is 27.9 Å². The Balaban J connectivity index is 4.13. The van der Waals surface area contributed by atoms with Crippen molar-refractivity contribution in [3.8, 4) is 0 Å². The van der Waals surface area contributed by atoms with Gasteiger partial charge in [-0.05, 0) is 11.8 Å². The molecule has 0 aromatic rings. The highest BCUT2D eigenvalue weighted by molar-refractivity contribution is 5.83. The minimum atomic E-state index is -4.26. The molecule has 0 spiro atoms. The maximum Gasteiger partial charge on any atom is 0.389 e. The van der Waals surface area contributed by atoms with Gasteiger partial charge >= 0.3 is 18.2 Å². The third-order valence-corrected chi connectivity index (χ3v) is 2.31. The monoisotopic (exact) mass is 284 g/mol. The molecule has 0 fully saturated rings. The second kappa shape index (κ2) is 6.63. The Bertz CT molecular complexity index is 324. The van der Waals surface area contributed by atoms with E-state index < -0.39 is 36.1 Å². The van der Waals surface area contributed by atoms with Crippen molar-refractivity contribution in [3.05, 3.63) is 0 Å². The summed E-state index contributed by atoms with van der Waals surface area (Å²) in [7, 11) is 0. The van der Waals surface area contributed by atoms with Crippen LogP contribution in [0.5, 0.6) is 0 Å². The van der Waals surface area contributed by atoms with Gasteiger partial charge in [0.05, 0.1) is 0 Å². The molecule has 3 N–H and O–H groups in total. The van der Waals surface area contributed by atoms with Crippen molar-refractivity contribution in [2.75, 3.05) is 6.54 Å². The molecule has 0 aliphatic heterocycles. The van der Waals surface area contributed by atoms with Crippen LogP contribution in [-0.4, -0.2) is 35.9 Å². The summed E-state index contributed by atoms with van der Waals surface area (Å²) in [6.07, 6.45) is -5.49. The van der Waals surface area contributed by atoms with Crippen molar-refractivity contribution >= 4 is 12.0 Å². The van der Waals surface area contributed by atoms with Crippen LogP contribution in [-0.2, 0) is 4.79 Å². The number of urea groups is 1. The summed E-state index contributed by atoms with van der Waals surface area (Å²) in [4.78, 5) is 22.3. The lowest BCUT2D eigenvalue weighted by molar-refractivity contribution is -0.141. The van der Waals surface area contributed by atoms with Crippen LogP contribution in [0.1, 0.15) is 33.6 Å². The zero-order chi connectivity index (χ0) is 15.3. The molecule has 0 aliphatic carbocycles. The Morgan fingerprint density at radius 2 is 1.74 bits per heavy atom. The number of alkyl halides is 3. The molecule has 0 radical (unpaired) electrons. The van der Waals surface area contributed by atoms with E-state index in [0.29, 0.717) is 0 Å². The fraction of sp³-hybridized carbons (Fsp3) is 0.818. The van der Waals surface area contributed by atoms with E-state index in [0.717, 1.165) is 0 Å². The van der Waals surface area contributed by atoms with Crippen LogP contribution in [0.3, 0.4) is 0 Å². The standard InChI is InChI=1S/C11H19F3N2O3/c1-10(2,3)7(8(17)18)16-9(19)15-6-4-5-11(12,13)14/h7H,4-6H2,1-3H3,(H,17,18)(H2,15,16,19). The van der Waals surface area contributed by atoms with Crippen LogP contribution in [0.25, 0.3) is 0 Å². The molecule has 0 rings (SSSR count). The number of carboxylic acids is 1. The van der Waals surface area contributed by atoms with Crippen LogP contribution < -0.4 is 10.6 Å². The number of hydrogen-bond acceptors (Lipinski definition) is 2. The van der Waals surface area contributed by atoms with Gasteiger partial charge in [-0.3, -0.25) is 0 Å². The molecule has 0 saturated heterocycles. The molecule has 0 saturated carbocycles. The van der Waals surface area contributed by atoms with Gasteiger partial charge in [-0.15, -0.1) is 0 Å².